The number of aromatic nitrogens is 2. The van der Waals surface area contributed by atoms with E-state index in [0.717, 1.165) is 16.6 Å². The summed E-state index contributed by atoms with van der Waals surface area (Å²) in [5.74, 6) is 0. The topological polar surface area (TPSA) is 37.8 Å². The van der Waals surface area contributed by atoms with E-state index in [1.807, 2.05) is 48.9 Å². The highest BCUT2D eigenvalue weighted by Gasteiger charge is 2.05. The zero-order valence-corrected chi connectivity index (χ0v) is 10.7. The first-order chi connectivity index (χ1) is 9.33. The Bertz CT molecular complexity index is 680. The summed E-state index contributed by atoms with van der Waals surface area (Å²) < 4.78 is 0. The molecule has 3 rings (SSSR count). The zero-order valence-electron chi connectivity index (χ0n) is 10.7. The normalized spacial score (nSPS) is 12.3. The van der Waals surface area contributed by atoms with Gasteiger partial charge >= 0.3 is 0 Å². The van der Waals surface area contributed by atoms with Crippen LogP contribution in [-0.2, 0) is 0 Å². The Morgan fingerprint density at radius 1 is 1.05 bits per heavy atom. The molecule has 0 amide bonds. The van der Waals surface area contributed by atoms with Crippen LogP contribution in [0.15, 0.2) is 61.1 Å². The second-order valence-electron chi connectivity index (χ2n) is 4.56. The Morgan fingerprint density at radius 2 is 1.84 bits per heavy atom. The highest BCUT2D eigenvalue weighted by Crippen LogP contribution is 2.21. The van der Waals surface area contributed by atoms with E-state index in [1.54, 1.807) is 0 Å². The van der Waals surface area contributed by atoms with Crippen molar-refractivity contribution >= 4 is 16.6 Å². The zero-order chi connectivity index (χ0) is 13.1. The van der Waals surface area contributed by atoms with Crippen LogP contribution < -0.4 is 5.32 Å². The number of nitrogens with one attached hydrogen (secondary N) is 1. The maximum absolute atomic E-state index is 4.45. The molecule has 0 bridgehead atoms. The van der Waals surface area contributed by atoms with Crippen molar-refractivity contribution in [3.05, 3.63) is 66.6 Å². The fourth-order valence-corrected chi connectivity index (χ4v) is 2.14. The van der Waals surface area contributed by atoms with Crippen molar-refractivity contribution in [3.8, 4) is 0 Å². The van der Waals surface area contributed by atoms with Crippen LogP contribution >= 0.6 is 0 Å². The molecule has 3 nitrogen and oxygen atoms in total. The lowest BCUT2D eigenvalue weighted by Gasteiger charge is -2.15. The minimum atomic E-state index is 0.228. The number of fused-ring (bicyclic) bond motifs is 1. The molecule has 0 aliphatic carbocycles. The van der Waals surface area contributed by atoms with Gasteiger partial charge in [0.25, 0.3) is 0 Å². The predicted octanol–water partition coefficient (Wildman–Crippen LogP) is 3.80. The minimum Gasteiger partial charge on any atom is -0.377 e. The smallest absolute Gasteiger partial charge is 0.0703 e. The maximum atomic E-state index is 4.45. The fourth-order valence-electron chi connectivity index (χ4n) is 2.14. The molecule has 0 fully saturated rings. The maximum Gasteiger partial charge on any atom is 0.0703 e. The van der Waals surface area contributed by atoms with E-state index in [0.29, 0.717) is 0 Å². The summed E-state index contributed by atoms with van der Waals surface area (Å²) in [6.07, 6.45) is 5.50. The van der Waals surface area contributed by atoms with E-state index in [1.165, 1.54) is 5.56 Å². The third kappa shape index (κ3) is 2.55. The Labute approximate surface area is 112 Å². The quantitative estimate of drug-likeness (QED) is 0.767. The van der Waals surface area contributed by atoms with Gasteiger partial charge in [0.05, 0.1) is 17.4 Å². The molecule has 1 aromatic carbocycles. The Hall–Kier alpha value is -2.42. The number of hydrogen-bond acceptors (Lipinski definition) is 3. The molecule has 0 spiro atoms. The molecule has 2 heterocycles. The molecule has 1 atom stereocenters. The van der Waals surface area contributed by atoms with Crippen LogP contribution in [0.3, 0.4) is 0 Å². The number of rotatable bonds is 3. The number of nitrogens with zero attached hydrogens (tertiary/aromatic N) is 2. The van der Waals surface area contributed by atoms with Crippen LogP contribution in [0.25, 0.3) is 10.9 Å². The molecule has 3 aromatic rings. The summed E-state index contributed by atoms with van der Waals surface area (Å²) in [7, 11) is 0. The Morgan fingerprint density at radius 3 is 2.68 bits per heavy atom. The van der Waals surface area contributed by atoms with Crippen molar-refractivity contribution in [3.63, 3.8) is 0 Å². The first kappa shape index (κ1) is 11.7. The van der Waals surface area contributed by atoms with Crippen molar-refractivity contribution < 1.29 is 0 Å². The van der Waals surface area contributed by atoms with E-state index in [9.17, 15) is 0 Å². The lowest BCUT2D eigenvalue weighted by molar-refractivity contribution is 0.880. The molecule has 19 heavy (non-hydrogen) atoms. The van der Waals surface area contributed by atoms with Crippen molar-refractivity contribution in [1.29, 1.82) is 0 Å². The summed E-state index contributed by atoms with van der Waals surface area (Å²) in [5, 5.41) is 4.61. The van der Waals surface area contributed by atoms with Gasteiger partial charge in [0, 0.05) is 23.8 Å². The van der Waals surface area contributed by atoms with Crippen LogP contribution in [-0.4, -0.2) is 9.97 Å². The highest BCUT2D eigenvalue weighted by molar-refractivity contribution is 5.81. The summed E-state index contributed by atoms with van der Waals surface area (Å²) in [6.45, 7) is 2.13. The van der Waals surface area contributed by atoms with Crippen molar-refractivity contribution in [2.24, 2.45) is 0 Å². The third-order valence-corrected chi connectivity index (χ3v) is 3.18. The molecule has 0 aliphatic heterocycles. The first-order valence-corrected chi connectivity index (χ1v) is 6.34. The molecular formula is C16H15N3. The molecule has 0 radical (unpaired) electrons. The van der Waals surface area contributed by atoms with E-state index < -0.39 is 0 Å². The molecule has 3 heteroatoms. The molecule has 0 saturated carbocycles. The summed E-state index contributed by atoms with van der Waals surface area (Å²) in [5.41, 5.74) is 3.26. The van der Waals surface area contributed by atoms with Crippen LogP contribution in [0.5, 0.6) is 0 Å². The van der Waals surface area contributed by atoms with Crippen LogP contribution in [0.4, 0.5) is 5.69 Å². The molecule has 1 unspecified atom stereocenters. The Kier molecular flexibility index (Phi) is 3.11. The van der Waals surface area contributed by atoms with Crippen LogP contribution in [0, 0.1) is 0 Å². The number of pyridine rings is 2. The number of para-hydroxylation sites is 1. The first-order valence-electron chi connectivity index (χ1n) is 6.34. The minimum absolute atomic E-state index is 0.228. The predicted molar refractivity (Wildman–Crippen MR) is 78.0 cm³/mol. The SMILES string of the molecule is CC(Nc1cnc2ccccc2c1)c1ccncc1. The number of hydrogen-bond donors (Lipinski definition) is 1. The monoisotopic (exact) mass is 249 g/mol. The van der Waals surface area contributed by atoms with Gasteiger partial charge in [-0.1, -0.05) is 18.2 Å². The third-order valence-electron chi connectivity index (χ3n) is 3.18. The van der Waals surface area contributed by atoms with E-state index in [2.05, 4.69) is 34.3 Å². The largest absolute Gasteiger partial charge is 0.377 e. The second kappa shape index (κ2) is 5.06. The van der Waals surface area contributed by atoms with Gasteiger partial charge in [-0.25, -0.2) is 0 Å². The van der Waals surface area contributed by atoms with Crippen molar-refractivity contribution in [2.45, 2.75) is 13.0 Å². The van der Waals surface area contributed by atoms with Crippen LogP contribution in [0.1, 0.15) is 18.5 Å². The lowest BCUT2D eigenvalue weighted by atomic mass is 10.1. The van der Waals surface area contributed by atoms with Gasteiger partial charge in [-0.3, -0.25) is 9.97 Å². The van der Waals surface area contributed by atoms with Gasteiger partial charge in [-0.2, -0.15) is 0 Å². The van der Waals surface area contributed by atoms with Gasteiger partial charge in [0.15, 0.2) is 0 Å². The van der Waals surface area contributed by atoms with Gasteiger partial charge in [0.2, 0.25) is 0 Å². The molecule has 1 N–H and O–H groups in total. The molecular weight excluding hydrogens is 234 g/mol. The molecule has 2 aromatic heterocycles. The molecule has 94 valence electrons. The van der Waals surface area contributed by atoms with Gasteiger partial charge in [-0.05, 0) is 36.8 Å². The Balaban J connectivity index is 1.85. The van der Waals surface area contributed by atoms with Gasteiger partial charge in [0.1, 0.15) is 0 Å². The summed E-state index contributed by atoms with van der Waals surface area (Å²) >= 11 is 0. The van der Waals surface area contributed by atoms with Crippen LogP contribution in [0.2, 0.25) is 0 Å². The lowest BCUT2D eigenvalue weighted by Crippen LogP contribution is -2.06. The average molecular weight is 249 g/mol. The van der Waals surface area contributed by atoms with Gasteiger partial charge < -0.3 is 5.32 Å². The standard InChI is InChI=1S/C16H15N3/c1-12(13-6-8-17-9-7-13)19-15-10-14-4-2-3-5-16(14)18-11-15/h2-12,19H,1H3. The number of benzene rings is 1. The van der Waals surface area contributed by atoms with E-state index in [-0.39, 0.29) is 6.04 Å². The van der Waals surface area contributed by atoms with E-state index >= 15 is 0 Å². The number of anilines is 1. The summed E-state index contributed by atoms with van der Waals surface area (Å²) in [6, 6.07) is 14.5. The average Bonchev–Trinajstić information content (AvgIpc) is 2.48. The van der Waals surface area contributed by atoms with Crippen molar-refractivity contribution in [2.75, 3.05) is 5.32 Å². The molecule has 0 saturated heterocycles. The highest BCUT2D eigenvalue weighted by atomic mass is 14.9. The van der Waals surface area contributed by atoms with Crippen molar-refractivity contribution in [1.82, 2.24) is 9.97 Å². The fraction of sp³-hybridized carbons (Fsp3) is 0.125. The second-order valence-corrected chi connectivity index (χ2v) is 4.56. The summed E-state index contributed by atoms with van der Waals surface area (Å²) in [4.78, 5) is 8.49. The molecule has 0 aliphatic rings. The van der Waals surface area contributed by atoms with Gasteiger partial charge in [-0.15, -0.1) is 0 Å². The van der Waals surface area contributed by atoms with E-state index in [4.69, 9.17) is 0 Å².